The van der Waals surface area contributed by atoms with Crippen molar-refractivity contribution in [2.75, 3.05) is 20.3 Å². The monoisotopic (exact) mass is 434 g/mol. The van der Waals surface area contributed by atoms with Crippen molar-refractivity contribution in [2.45, 2.75) is 13.0 Å². The maximum atomic E-state index is 13.4. The van der Waals surface area contributed by atoms with E-state index >= 15 is 0 Å². The number of hydrogen-bond donors (Lipinski definition) is 1. The number of hydrogen-bond acceptors (Lipinski definition) is 5. The zero-order valence-electron chi connectivity index (χ0n) is 17.6. The molecule has 0 aliphatic rings. The molecule has 0 saturated carbocycles. The van der Waals surface area contributed by atoms with Crippen molar-refractivity contribution in [1.82, 2.24) is 19.9 Å². The fourth-order valence-corrected chi connectivity index (χ4v) is 3.34. The summed E-state index contributed by atoms with van der Waals surface area (Å²) in [5.74, 6) is -0.149. The second kappa shape index (κ2) is 9.57. The van der Waals surface area contributed by atoms with E-state index in [1.165, 1.54) is 21.8 Å². The molecule has 3 aromatic carbocycles. The number of aromatic nitrogens is 3. The van der Waals surface area contributed by atoms with Gasteiger partial charge in [-0.05, 0) is 53.9 Å². The third-order valence-corrected chi connectivity index (χ3v) is 5.01. The van der Waals surface area contributed by atoms with Crippen molar-refractivity contribution in [2.24, 2.45) is 0 Å². The van der Waals surface area contributed by atoms with Crippen molar-refractivity contribution in [1.29, 1.82) is 0 Å². The van der Waals surface area contributed by atoms with E-state index in [4.69, 9.17) is 4.74 Å². The Balaban J connectivity index is 1.53. The van der Waals surface area contributed by atoms with E-state index in [1.807, 2.05) is 36.4 Å². The van der Waals surface area contributed by atoms with E-state index in [9.17, 15) is 14.3 Å². The van der Waals surface area contributed by atoms with Gasteiger partial charge in [0.2, 0.25) is 0 Å². The summed E-state index contributed by atoms with van der Waals surface area (Å²) in [4.78, 5) is 15.6. The molecule has 1 amide bonds. The van der Waals surface area contributed by atoms with Gasteiger partial charge in [-0.15, -0.1) is 15.0 Å². The lowest BCUT2D eigenvalue weighted by atomic mass is 10.1. The molecule has 0 unspecified atom stereocenters. The Labute approximate surface area is 184 Å². The molecule has 1 aromatic heterocycles. The Hall–Kier alpha value is -3.78. The Morgan fingerprint density at radius 2 is 1.78 bits per heavy atom. The van der Waals surface area contributed by atoms with Gasteiger partial charge in [-0.25, -0.2) is 4.39 Å². The molecular formula is C24H23FN4O3. The number of halogens is 1. The van der Waals surface area contributed by atoms with Gasteiger partial charge in [0.1, 0.15) is 28.3 Å². The number of nitrogens with zero attached hydrogens (tertiary/aromatic N) is 4. The van der Waals surface area contributed by atoms with Gasteiger partial charge in [0.15, 0.2) is 6.61 Å². The molecule has 4 aromatic rings. The van der Waals surface area contributed by atoms with Crippen molar-refractivity contribution in [3.63, 3.8) is 0 Å². The first-order valence-electron chi connectivity index (χ1n) is 10.2. The summed E-state index contributed by atoms with van der Waals surface area (Å²) in [5, 5.41) is 18.3. The molecule has 0 saturated heterocycles. The van der Waals surface area contributed by atoms with Crippen molar-refractivity contribution >= 4 is 16.9 Å². The molecule has 1 N–H and O–H groups in total. The minimum atomic E-state index is -0.341. The predicted molar refractivity (Wildman–Crippen MR) is 118 cm³/mol. The largest absolute Gasteiger partial charge is 0.481 e. The molecule has 0 aliphatic heterocycles. The molecule has 32 heavy (non-hydrogen) atoms. The molecule has 0 spiro atoms. The molecule has 0 radical (unpaired) electrons. The van der Waals surface area contributed by atoms with Crippen LogP contribution >= 0.6 is 0 Å². The quantitative estimate of drug-likeness (QED) is 0.461. The van der Waals surface area contributed by atoms with Gasteiger partial charge in [0.25, 0.3) is 5.91 Å². The van der Waals surface area contributed by atoms with Crippen LogP contribution < -0.4 is 4.74 Å². The van der Waals surface area contributed by atoms with Crippen molar-refractivity contribution in [3.05, 3.63) is 83.7 Å². The smallest absolute Gasteiger partial charge is 0.260 e. The normalized spacial score (nSPS) is 11.0. The van der Waals surface area contributed by atoms with Gasteiger partial charge >= 0.3 is 0 Å². The molecular weight excluding hydrogens is 411 g/mol. The number of rotatable bonds is 8. The summed E-state index contributed by atoms with van der Waals surface area (Å²) in [5.41, 5.74) is 3.63. The number of ether oxygens (including phenoxy) is 1. The summed E-state index contributed by atoms with van der Waals surface area (Å²) < 4.78 is 19.2. The number of aliphatic hydroxyl groups excluding tert-OH is 1. The number of likely N-dealkylation sites (N-methyl/N-ethyl adjacent to an activating group) is 1. The Kier molecular flexibility index (Phi) is 6.42. The van der Waals surface area contributed by atoms with Gasteiger partial charge in [-0.3, -0.25) is 4.79 Å². The molecule has 164 valence electrons. The zero-order chi connectivity index (χ0) is 22.5. The number of carbonyl (C=O) groups is 1. The van der Waals surface area contributed by atoms with Crippen LogP contribution in [0.15, 0.2) is 66.7 Å². The summed E-state index contributed by atoms with van der Waals surface area (Å²) in [6, 6.07) is 19.0. The highest BCUT2D eigenvalue weighted by atomic mass is 19.1. The fourth-order valence-electron chi connectivity index (χ4n) is 3.34. The maximum Gasteiger partial charge on any atom is 0.260 e. The number of fused-ring (bicyclic) bond motifs is 1. The first-order valence-corrected chi connectivity index (χ1v) is 10.2. The molecule has 1 heterocycles. The van der Waals surface area contributed by atoms with Gasteiger partial charge in [-0.2, -0.15) is 0 Å². The maximum absolute atomic E-state index is 13.4. The molecule has 7 nitrogen and oxygen atoms in total. The van der Waals surface area contributed by atoms with Crippen LogP contribution in [0, 0.1) is 5.82 Å². The Morgan fingerprint density at radius 3 is 2.47 bits per heavy atom. The third kappa shape index (κ3) is 4.92. The Morgan fingerprint density at radius 1 is 1.03 bits per heavy atom. The van der Waals surface area contributed by atoms with Crippen LogP contribution in [0.4, 0.5) is 4.39 Å². The first kappa shape index (κ1) is 21.5. The van der Waals surface area contributed by atoms with E-state index in [2.05, 4.69) is 10.2 Å². The van der Waals surface area contributed by atoms with Crippen LogP contribution in [0.5, 0.6) is 5.75 Å². The predicted octanol–water partition coefficient (Wildman–Crippen LogP) is 3.13. The molecule has 8 heteroatoms. The summed E-state index contributed by atoms with van der Waals surface area (Å²) in [6.45, 7) is 0.0881. The zero-order valence-corrected chi connectivity index (χ0v) is 17.6. The van der Waals surface area contributed by atoms with Crippen LogP contribution in [0.25, 0.3) is 16.7 Å². The highest BCUT2D eigenvalue weighted by Gasteiger charge is 2.15. The summed E-state index contributed by atoms with van der Waals surface area (Å²) in [7, 11) is 1.64. The van der Waals surface area contributed by atoms with Gasteiger partial charge in [-0.1, -0.05) is 30.3 Å². The van der Waals surface area contributed by atoms with E-state index < -0.39 is 0 Å². The highest BCUT2D eigenvalue weighted by molar-refractivity contribution is 5.77. The summed E-state index contributed by atoms with van der Waals surface area (Å²) >= 11 is 0. The van der Waals surface area contributed by atoms with Gasteiger partial charge in [0.05, 0.1) is 0 Å². The van der Waals surface area contributed by atoms with Crippen LogP contribution in [0.3, 0.4) is 0 Å². The SMILES string of the molecule is CN(Cc1cccc(F)c1)C(=O)COc1ccc(CCO)cc1-n1nc2ccccc2n1. The lowest BCUT2D eigenvalue weighted by Gasteiger charge is -2.18. The standard InChI is InChI=1S/C24H23FN4O3/c1-28(15-18-5-4-6-19(25)13-18)24(31)16-32-23-10-9-17(11-12-30)14-22(23)29-26-20-7-2-3-8-21(20)27-29/h2-10,13-14,30H,11-12,15-16H2,1H3. The average Bonchev–Trinajstić information content (AvgIpc) is 3.22. The van der Waals surface area contributed by atoms with Crippen LogP contribution in [0.1, 0.15) is 11.1 Å². The molecule has 0 fully saturated rings. The van der Waals surface area contributed by atoms with Crippen LogP contribution in [-0.4, -0.2) is 51.2 Å². The Bertz CT molecular complexity index is 1210. The molecule has 0 aliphatic carbocycles. The number of benzene rings is 3. The van der Waals surface area contributed by atoms with E-state index in [0.29, 0.717) is 23.4 Å². The topological polar surface area (TPSA) is 80.5 Å². The molecule has 0 bridgehead atoms. The fraction of sp³-hybridized carbons (Fsp3) is 0.208. The van der Waals surface area contributed by atoms with Crippen LogP contribution in [-0.2, 0) is 17.8 Å². The number of carbonyl (C=O) groups excluding carboxylic acids is 1. The van der Waals surface area contributed by atoms with Gasteiger partial charge < -0.3 is 14.7 Å². The molecule has 4 rings (SSSR count). The second-order valence-electron chi connectivity index (χ2n) is 7.42. The van der Waals surface area contributed by atoms with E-state index in [0.717, 1.165) is 16.6 Å². The molecule has 0 atom stereocenters. The average molecular weight is 434 g/mol. The van der Waals surface area contributed by atoms with Gasteiger partial charge in [0, 0.05) is 20.2 Å². The third-order valence-electron chi connectivity index (χ3n) is 5.01. The lowest BCUT2D eigenvalue weighted by molar-refractivity contribution is -0.132. The van der Waals surface area contributed by atoms with Crippen molar-refractivity contribution in [3.8, 4) is 11.4 Å². The van der Waals surface area contributed by atoms with E-state index in [-0.39, 0.29) is 31.5 Å². The van der Waals surface area contributed by atoms with Crippen molar-refractivity contribution < 1.29 is 19.0 Å². The van der Waals surface area contributed by atoms with Crippen LogP contribution in [0.2, 0.25) is 0 Å². The lowest BCUT2D eigenvalue weighted by Crippen LogP contribution is -2.31. The number of amides is 1. The highest BCUT2D eigenvalue weighted by Crippen LogP contribution is 2.25. The number of aliphatic hydroxyl groups is 1. The van der Waals surface area contributed by atoms with E-state index in [1.54, 1.807) is 25.2 Å². The first-order chi connectivity index (χ1) is 15.5. The minimum Gasteiger partial charge on any atom is -0.481 e. The minimum absolute atomic E-state index is 0.0114. The second-order valence-corrected chi connectivity index (χ2v) is 7.42. The summed E-state index contributed by atoms with van der Waals surface area (Å²) in [6.07, 6.45) is 0.476.